The van der Waals surface area contributed by atoms with Gasteiger partial charge in [-0.1, -0.05) is 47.5 Å². The van der Waals surface area contributed by atoms with Crippen molar-refractivity contribution in [2.75, 3.05) is 0 Å². The van der Waals surface area contributed by atoms with Crippen molar-refractivity contribution in [1.82, 2.24) is 0 Å². The molecule has 0 N–H and O–H groups in total. The molecule has 0 spiro atoms. The highest BCUT2D eigenvalue weighted by Crippen LogP contribution is 2.15. The summed E-state index contributed by atoms with van der Waals surface area (Å²) in [7, 11) is 0. The summed E-state index contributed by atoms with van der Waals surface area (Å²) < 4.78 is 5.59. The first-order chi connectivity index (χ1) is 9.56. The van der Waals surface area contributed by atoms with Gasteiger partial charge < -0.3 is 4.74 Å². The van der Waals surface area contributed by atoms with Gasteiger partial charge in [-0.25, -0.2) is 0 Å². The summed E-state index contributed by atoms with van der Waals surface area (Å²) in [4.78, 5) is 12.2. The van der Waals surface area contributed by atoms with Crippen molar-refractivity contribution < 1.29 is 9.53 Å². The summed E-state index contributed by atoms with van der Waals surface area (Å²) in [5.41, 5.74) is 1.49. The molecule has 0 saturated carbocycles. The largest absolute Gasteiger partial charge is 0.366 e. The Morgan fingerprint density at radius 1 is 1.10 bits per heavy atom. The summed E-state index contributed by atoms with van der Waals surface area (Å²) in [5, 5.41) is 1.19. The average molecular weight is 309 g/mol. The molecule has 2 aromatic rings. The Labute approximate surface area is 128 Å². The predicted octanol–water partition coefficient (Wildman–Crippen LogP) is 4.78. The van der Waals surface area contributed by atoms with Crippen molar-refractivity contribution in [3.05, 3.63) is 69.7 Å². The normalized spacial score (nSPS) is 12.2. The first kappa shape index (κ1) is 15.0. The van der Waals surface area contributed by atoms with E-state index in [0.29, 0.717) is 22.2 Å². The summed E-state index contributed by atoms with van der Waals surface area (Å²) in [5.74, 6) is -0.0884. The van der Waals surface area contributed by atoms with E-state index in [-0.39, 0.29) is 5.78 Å². The number of carbonyl (C=O) groups excluding carboxylic acids is 1. The van der Waals surface area contributed by atoms with Crippen LogP contribution in [0.25, 0.3) is 0 Å². The number of ether oxygens (including phenoxy) is 1. The van der Waals surface area contributed by atoms with Crippen molar-refractivity contribution in [2.45, 2.75) is 19.6 Å². The Bertz CT molecular complexity index is 611. The molecule has 0 aromatic heterocycles. The van der Waals surface area contributed by atoms with Crippen molar-refractivity contribution in [3.63, 3.8) is 0 Å². The van der Waals surface area contributed by atoms with Crippen LogP contribution in [0.4, 0.5) is 0 Å². The third kappa shape index (κ3) is 4.07. The van der Waals surface area contributed by atoms with E-state index < -0.39 is 6.10 Å². The molecule has 20 heavy (non-hydrogen) atoms. The lowest BCUT2D eigenvalue weighted by Gasteiger charge is -2.12. The Morgan fingerprint density at radius 2 is 1.75 bits per heavy atom. The zero-order valence-electron chi connectivity index (χ0n) is 11.0. The Hall–Kier alpha value is -1.35. The molecule has 0 heterocycles. The highest BCUT2D eigenvalue weighted by atomic mass is 35.5. The van der Waals surface area contributed by atoms with E-state index in [0.717, 1.165) is 5.56 Å². The number of hydrogen-bond donors (Lipinski definition) is 0. The summed E-state index contributed by atoms with van der Waals surface area (Å²) in [6, 6.07) is 14.2. The fourth-order valence-corrected chi connectivity index (χ4v) is 2.20. The van der Waals surface area contributed by atoms with Gasteiger partial charge in [-0.2, -0.15) is 0 Å². The van der Waals surface area contributed by atoms with E-state index in [2.05, 4.69) is 0 Å². The molecular weight excluding hydrogens is 295 g/mol. The van der Waals surface area contributed by atoms with Gasteiger partial charge in [0.2, 0.25) is 0 Å². The second-order valence-electron chi connectivity index (χ2n) is 4.46. The van der Waals surface area contributed by atoms with E-state index >= 15 is 0 Å². The van der Waals surface area contributed by atoms with E-state index in [9.17, 15) is 4.79 Å². The van der Waals surface area contributed by atoms with Gasteiger partial charge in [-0.15, -0.1) is 0 Å². The van der Waals surface area contributed by atoms with Crippen LogP contribution < -0.4 is 0 Å². The summed E-state index contributed by atoms with van der Waals surface area (Å²) >= 11 is 11.8. The molecule has 0 aliphatic heterocycles. The standard InChI is InChI=1S/C16H14Cl2O2/c1-11(16(19)13-5-3-7-15(18)9-13)20-10-12-4-2-6-14(17)8-12/h2-9,11H,10H2,1H3. The van der Waals surface area contributed by atoms with Crippen LogP contribution in [-0.4, -0.2) is 11.9 Å². The van der Waals surface area contributed by atoms with Crippen molar-refractivity contribution in [2.24, 2.45) is 0 Å². The van der Waals surface area contributed by atoms with E-state index in [1.807, 2.05) is 18.2 Å². The van der Waals surface area contributed by atoms with Gasteiger partial charge >= 0.3 is 0 Å². The van der Waals surface area contributed by atoms with E-state index in [1.54, 1.807) is 37.3 Å². The van der Waals surface area contributed by atoms with Crippen LogP contribution in [0.2, 0.25) is 10.0 Å². The first-order valence-corrected chi connectivity index (χ1v) is 6.97. The average Bonchev–Trinajstić information content (AvgIpc) is 2.44. The topological polar surface area (TPSA) is 26.3 Å². The lowest BCUT2D eigenvalue weighted by atomic mass is 10.1. The van der Waals surface area contributed by atoms with Crippen LogP contribution in [0, 0.1) is 0 Å². The third-order valence-electron chi connectivity index (χ3n) is 2.87. The van der Waals surface area contributed by atoms with Gasteiger partial charge in [0, 0.05) is 15.6 Å². The van der Waals surface area contributed by atoms with Crippen LogP contribution in [0.5, 0.6) is 0 Å². The van der Waals surface area contributed by atoms with Crippen molar-refractivity contribution in [3.8, 4) is 0 Å². The number of hydrogen-bond acceptors (Lipinski definition) is 2. The van der Waals surface area contributed by atoms with Crippen molar-refractivity contribution in [1.29, 1.82) is 0 Å². The molecule has 4 heteroatoms. The number of halogens is 2. The van der Waals surface area contributed by atoms with Gasteiger partial charge in [0.05, 0.1) is 6.61 Å². The molecule has 1 atom stereocenters. The number of carbonyl (C=O) groups is 1. The zero-order valence-corrected chi connectivity index (χ0v) is 12.5. The fourth-order valence-electron chi connectivity index (χ4n) is 1.80. The number of rotatable bonds is 5. The molecule has 0 saturated heterocycles. The van der Waals surface area contributed by atoms with Gasteiger partial charge in [-0.3, -0.25) is 4.79 Å². The van der Waals surface area contributed by atoms with Gasteiger partial charge in [0.15, 0.2) is 5.78 Å². The Morgan fingerprint density at radius 3 is 2.40 bits per heavy atom. The monoisotopic (exact) mass is 308 g/mol. The molecule has 2 aromatic carbocycles. The molecule has 1 unspecified atom stereocenters. The molecule has 2 nitrogen and oxygen atoms in total. The SMILES string of the molecule is CC(OCc1cccc(Cl)c1)C(=O)c1cccc(Cl)c1. The van der Waals surface area contributed by atoms with Crippen LogP contribution in [0.1, 0.15) is 22.8 Å². The van der Waals surface area contributed by atoms with Crippen LogP contribution in [-0.2, 0) is 11.3 Å². The van der Waals surface area contributed by atoms with E-state index in [1.165, 1.54) is 0 Å². The Balaban J connectivity index is 1.98. The summed E-state index contributed by atoms with van der Waals surface area (Å²) in [6.07, 6.45) is -0.535. The van der Waals surface area contributed by atoms with E-state index in [4.69, 9.17) is 27.9 Å². The van der Waals surface area contributed by atoms with Gasteiger partial charge in [0.1, 0.15) is 6.10 Å². The minimum absolute atomic E-state index is 0.0884. The third-order valence-corrected chi connectivity index (χ3v) is 3.34. The predicted molar refractivity (Wildman–Crippen MR) is 81.5 cm³/mol. The molecule has 0 aliphatic rings. The second kappa shape index (κ2) is 6.89. The van der Waals surface area contributed by atoms with Gasteiger partial charge in [0.25, 0.3) is 0 Å². The maximum absolute atomic E-state index is 12.2. The molecule has 0 aliphatic carbocycles. The number of Topliss-reactive ketones (excluding diaryl/α,β-unsaturated/α-hetero) is 1. The van der Waals surface area contributed by atoms with Crippen LogP contribution in [0.15, 0.2) is 48.5 Å². The molecule has 0 bridgehead atoms. The fraction of sp³-hybridized carbons (Fsp3) is 0.188. The quantitative estimate of drug-likeness (QED) is 0.743. The molecule has 2 rings (SSSR count). The lowest BCUT2D eigenvalue weighted by Crippen LogP contribution is -2.20. The molecule has 0 radical (unpaired) electrons. The molecular formula is C16H14Cl2O2. The molecule has 0 fully saturated rings. The maximum atomic E-state index is 12.2. The first-order valence-electron chi connectivity index (χ1n) is 6.22. The summed E-state index contributed by atoms with van der Waals surface area (Å²) in [6.45, 7) is 2.07. The van der Waals surface area contributed by atoms with Crippen LogP contribution >= 0.6 is 23.2 Å². The zero-order chi connectivity index (χ0) is 14.5. The van der Waals surface area contributed by atoms with Crippen LogP contribution in [0.3, 0.4) is 0 Å². The highest BCUT2D eigenvalue weighted by molar-refractivity contribution is 6.31. The maximum Gasteiger partial charge on any atom is 0.191 e. The smallest absolute Gasteiger partial charge is 0.191 e. The van der Waals surface area contributed by atoms with Gasteiger partial charge in [-0.05, 0) is 36.8 Å². The second-order valence-corrected chi connectivity index (χ2v) is 5.33. The Kier molecular flexibility index (Phi) is 5.18. The number of benzene rings is 2. The lowest BCUT2D eigenvalue weighted by molar-refractivity contribution is 0.0412. The number of ketones is 1. The highest BCUT2D eigenvalue weighted by Gasteiger charge is 2.16. The molecule has 0 amide bonds. The minimum Gasteiger partial charge on any atom is -0.366 e. The minimum atomic E-state index is -0.535. The molecule has 104 valence electrons. The van der Waals surface area contributed by atoms with Crippen molar-refractivity contribution >= 4 is 29.0 Å².